The highest BCUT2D eigenvalue weighted by Crippen LogP contribution is 2.22. The number of furan rings is 1. The van der Waals surface area contributed by atoms with Gasteiger partial charge in [0.25, 0.3) is 5.91 Å². The molecule has 2 rings (SSSR count). The van der Waals surface area contributed by atoms with Crippen LogP contribution in [0.5, 0.6) is 0 Å². The molecule has 128 valence electrons. The second-order valence-corrected chi connectivity index (χ2v) is 7.72. The molecule has 1 aromatic heterocycles. The number of amides is 1. The number of benzene rings is 1. The summed E-state index contributed by atoms with van der Waals surface area (Å²) in [5.41, 5.74) is 1.73. The van der Waals surface area contributed by atoms with E-state index in [0.29, 0.717) is 16.8 Å². The monoisotopic (exact) mass is 351 g/mol. The zero-order chi connectivity index (χ0) is 18.1. The van der Waals surface area contributed by atoms with Gasteiger partial charge < -0.3 is 14.8 Å². The molecule has 2 aromatic rings. The maximum absolute atomic E-state index is 12.2. The Morgan fingerprint density at radius 1 is 1.17 bits per heavy atom. The molecule has 1 amide bonds. The third kappa shape index (κ3) is 4.23. The average Bonchev–Trinajstić information content (AvgIpc) is 2.87. The first-order chi connectivity index (χ1) is 11.1. The lowest BCUT2D eigenvalue weighted by atomic mass is 10.0. The van der Waals surface area contributed by atoms with Crippen molar-refractivity contribution < 1.29 is 27.5 Å². The molecule has 0 aliphatic heterocycles. The second kappa shape index (κ2) is 6.48. The van der Waals surface area contributed by atoms with Crippen LogP contribution in [0.2, 0.25) is 0 Å². The molecule has 8 heteroatoms. The number of sulfone groups is 1. The molecule has 0 saturated heterocycles. The van der Waals surface area contributed by atoms with Crippen LogP contribution >= 0.6 is 0 Å². The SMILES string of the molecule is Cc1cc(C)c(C(=O)O)cc1NC(=O)c1ccc(CS(C)(=O)=O)o1. The van der Waals surface area contributed by atoms with Crippen molar-refractivity contribution in [1.82, 2.24) is 0 Å². The Balaban J connectivity index is 2.24. The fraction of sp³-hybridized carbons (Fsp3) is 0.250. The van der Waals surface area contributed by atoms with Gasteiger partial charge in [-0.3, -0.25) is 4.79 Å². The molecule has 2 N–H and O–H groups in total. The largest absolute Gasteiger partial charge is 0.478 e. The van der Waals surface area contributed by atoms with E-state index >= 15 is 0 Å². The van der Waals surface area contributed by atoms with Crippen LogP contribution in [0.4, 0.5) is 5.69 Å². The minimum Gasteiger partial charge on any atom is -0.478 e. The predicted octanol–water partition coefficient (Wildman–Crippen LogP) is 2.39. The van der Waals surface area contributed by atoms with Crippen LogP contribution in [0.25, 0.3) is 0 Å². The predicted molar refractivity (Wildman–Crippen MR) is 88.1 cm³/mol. The molecule has 1 heterocycles. The van der Waals surface area contributed by atoms with E-state index in [1.807, 2.05) is 0 Å². The molecule has 0 aliphatic carbocycles. The Hall–Kier alpha value is -2.61. The van der Waals surface area contributed by atoms with Crippen LogP contribution in [-0.2, 0) is 15.6 Å². The fourth-order valence-electron chi connectivity index (χ4n) is 2.24. The summed E-state index contributed by atoms with van der Waals surface area (Å²) in [6.45, 7) is 3.41. The lowest BCUT2D eigenvalue weighted by molar-refractivity contribution is 0.0695. The van der Waals surface area contributed by atoms with Gasteiger partial charge in [0.05, 0.1) is 5.56 Å². The normalized spacial score (nSPS) is 11.3. The van der Waals surface area contributed by atoms with Gasteiger partial charge in [-0.1, -0.05) is 6.07 Å². The Bertz CT molecular complexity index is 911. The van der Waals surface area contributed by atoms with Crippen molar-refractivity contribution in [3.05, 3.63) is 52.5 Å². The summed E-state index contributed by atoms with van der Waals surface area (Å²) in [4.78, 5) is 23.4. The van der Waals surface area contributed by atoms with Gasteiger partial charge in [0, 0.05) is 11.9 Å². The van der Waals surface area contributed by atoms with Gasteiger partial charge in [0.2, 0.25) is 0 Å². The molecule has 1 aromatic carbocycles. The number of hydrogen-bond donors (Lipinski definition) is 2. The Morgan fingerprint density at radius 2 is 1.83 bits per heavy atom. The first-order valence-corrected chi connectivity index (χ1v) is 9.05. The summed E-state index contributed by atoms with van der Waals surface area (Å²) in [5.74, 6) is -1.86. The van der Waals surface area contributed by atoms with Gasteiger partial charge in [0.15, 0.2) is 15.6 Å². The number of carboxylic acids is 1. The van der Waals surface area contributed by atoms with Gasteiger partial charge >= 0.3 is 5.97 Å². The van der Waals surface area contributed by atoms with Crippen LogP contribution < -0.4 is 5.32 Å². The number of aryl methyl sites for hydroxylation is 2. The molecular weight excluding hydrogens is 334 g/mol. The highest BCUT2D eigenvalue weighted by molar-refractivity contribution is 7.89. The lowest BCUT2D eigenvalue weighted by Crippen LogP contribution is -2.13. The minimum absolute atomic E-state index is 0.0505. The molecule has 0 spiro atoms. The van der Waals surface area contributed by atoms with Gasteiger partial charge in [-0.05, 0) is 43.2 Å². The maximum Gasteiger partial charge on any atom is 0.336 e. The van der Waals surface area contributed by atoms with Crippen molar-refractivity contribution in [3.8, 4) is 0 Å². The molecule has 0 unspecified atom stereocenters. The van der Waals surface area contributed by atoms with Gasteiger partial charge in [-0.2, -0.15) is 0 Å². The summed E-state index contributed by atoms with van der Waals surface area (Å²) in [6, 6.07) is 5.83. The zero-order valence-electron chi connectivity index (χ0n) is 13.4. The van der Waals surface area contributed by atoms with E-state index in [4.69, 9.17) is 9.52 Å². The molecule has 0 fully saturated rings. The lowest BCUT2D eigenvalue weighted by Gasteiger charge is -2.10. The van der Waals surface area contributed by atoms with Crippen LogP contribution in [0.15, 0.2) is 28.7 Å². The molecule has 0 bridgehead atoms. The second-order valence-electron chi connectivity index (χ2n) is 5.58. The minimum atomic E-state index is -3.27. The number of carbonyl (C=O) groups is 2. The van der Waals surface area contributed by atoms with Crippen LogP contribution in [-0.4, -0.2) is 31.7 Å². The number of nitrogens with one attached hydrogen (secondary N) is 1. The van der Waals surface area contributed by atoms with Crippen molar-refractivity contribution >= 4 is 27.4 Å². The van der Waals surface area contributed by atoms with E-state index in [0.717, 1.165) is 6.26 Å². The number of carbonyl (C=O) groups excluding carboxylic acids is 1. The molecular formula is C16H17NO6S. The third-order valence-electron chi connectivity index (χ3n) is 3.34. The van der Waals surface area contributed by atoms with Crippen molar-refractivity contribution in [3.63, 3.8) is 0 Å². The highest BCUT2D eigenvalue weighted by atomic mass is 32.2. The van der Waals surface area contributed by atoms with Crippen molar-refractivity contribution in [1.29, 1.82) is 0 Å². The number of anilines is 1. The van der Waals surface area contributed by atoms with E-state index in [2.05, 4.69) is 5.32 Å². The number of carboxylic acid groups (broad SMARTS) is 1. The zero-order valence-corrected chi connectivity index (χ0v) is 14.2. The van der Waals surface area contributed by atoms with Gasteiger partial charge in [-0.15, -0.1) is 0 Å². The smallest absolute Gasteiger partial charge is 0.336 e. The number of aromatic carboxylic acids is 1. The molecule has 0 aliphatic rings. The average molecular weight is 351 g/mol. The molecule has 7 nitrogen and oxygen atoms in total. The summed E-state index contributed by atoms with van der Waals surface area (Å²) >= 11 is 0. The summed E-state index contributed by atoms with van der Waals surface area (Å²) in [6.07, 6.45) is 1.07. The summed E-state index contributed by atoms with van der Waals surface area (Å²) < 4.78 is 27.7. The Kier molecular flexibility index (Phi) is 4.79. The third-order valence-corrected chi connectivity index (χ3v) is 4.15. The van der Waals surface area contributed by atoms with Gasteiger partial charge in [-0.25, -0.2) is 13.2 Å². The van der Waals surface area contributed by atoms with Crippen molar-refractivity contribution in [2.45, 2.75) is 19.6 Å². The van der Waals surface area contributed by atoms with Crippen LogP contribution in [0.1, 0.15) is 37.8 Å². The Morgan fingerprint density at radius 3 is 2.42 bits per heavy atom. The highest BCUT2D eigenvalue weighted by Gasteiger charge is 2.17. The first kappa shape index (κ1) is 17.7. The number of rotatable bonds is 5. The van der Waals surface area contributed by atoms with E-state index < -0.39 is 21.7 Å². The summed E-state index contributed by atoms with van der Waals surface area (Å²) in [5, 5.41) is 11.7. The molecule has 0 radical (unpaired) electrons. The van der Waals surface area contributed by atoms with Crippen molar-refractivity contribution in [2.75, 3.05) is 11.6 Å². The molecule has 0 saturated carbocycles. The van der Waals surface area contributed by atoms with E-state index in [-0.39, 0.29) is 22.8 Å². The first-order valence-electron chi connectivity index (χ1n) is 6.99. The standard InChI is InChI=1S/C16H17NO6S/c1-9-6-10(2)13(7-12(9)16(19)20)17-15(18)14-5-4-11(23-14)8-24(3,21)22/h4-7H,8H2,1-3H3,(H,17,18)(H,19,20). The molecule has 0 atom stereocenters. The van der Waals surface area contributed by atoms with E-state index in [9.17, 15) is 18.0 Å². The quantitative estimate of drug-likeness (QED) is 0.855. The topological polar surface area (TPSA) is 114 Å². The van der Waals surface area contributed by atoms with Gasteiger partial charge in [0.1, 0.15) is 11.5 Å². The molecule has 24 heavy (non-hydrogen) atoms. The van der Waals surface area contributed by atoms with E-state index in [1.54, 1.807) is 19.9 Å². The maximum atomic E-state index is 12.2. The van der Waals surface area contributed by atoms with Crippen molar-refractivity contribution in [2.24, 2.45) is 0 Å². The number of hydrogen-bond acceptors (Lipinski definition) is 5. The Labute approximate surface area is 139 Å². The van der Waals surface area contributed by atoms with Crippen LogP contribution in [0.3, 0.4) is 0 Å². The van der Waals surface area contributed by atoms with Crippen LogP contribution in [0, 0.1) is 13.8 Å². The summed E-state index contributed by atoms with van der Waals surface area (Å²) in [7, 11) is -3.27. The fourth-order valence-corrected chi connectivity index (χ4v) is 2.91. The van der Waals surface area contributed by atoms with E-state index in [1.165, 1.54) is 18.2 Å².